The molecule has 0 aliphatic carbocycles. The highest BCUT2D eigenvalue weighted by molar-refractivity contribution is 7.23. The third kappa shape index (κ3) is 6.58. The molecule has 0 saturated carbocycles. The van der Waals surface area contributed by atoms with Crippen molar-refractivity contribution in [1.82, 2.24) is 14.9 Å². The van der Waals surface area contributed by atoms with E-state index in [1.807, 2.05) is 6.07 Å². The first-order valence-electron chi connectivity index (χ1n) is 15.7. The van der Waals surface area contributed by atoms with Crippen molar-refractivity contribution < 1.29 is 41.0 Å². The summed E-state index contributed by atoms with van der Waals surface area (Å²) in [6.45, 7) is 10.3. The molecule has 4 heterocycles. The summed E-state index contributed by atoms with van der Waals surface area (Å²) in [5.41, 5.74) is -5.15. The van der Waals surface area contributed by atoms with Gasteiger partial charge in [-0.2, -0.15) is 32.8 Å². The highest BCUT2D eigenvalue weighted by Crippen LogP contribution is 2.48. The lowest BCUT2D eigenvalue weighted by molar-refractivity contribution is -0.137. The monoisotopic (exact) mass is 716 g/mol. The van der Waals surface area contributed by atoms with Crippen molar-refractivity contribution in [3.05, 3.63) is 47.3 Å². The van der Waals surface area contributed by atoms with Gasteiger partial charge in [0.1, 0.15) is 33.6 Å². The van der Waals surface area contributed by atoms with E-state index in [4.69, 9.17) is 9.47 Å². The maximum atomic E-state index is 16.7. The smallest absolute Gasteiger partial charge is 0.417 e. The summed E-state index contributed by atoms with van der Waals surface area (Å²) in [6.07, 6.45) is -6.73. The number of hydrogen-bond acceptors (Lipinski definition) is 9. The average Bonchev–Trinajstić information content (AvgIpc) is 3.47. The minimum Gasteiger partial charge on any atom is -0.444 e. The lowest BCUT2D eigenvalue weighted by Crippen LogP contribution is -2.57. The molecule has 1 N–H and O–H groups in total. The van der Waals surface area contributed by atoms with Crippen LogP contribution in [0.3, 0.4) is 0 Å². The summed E-state index contributed by atoms with van der Waals surface area (Å²) in [4.78, 5) is 36.1. The predicted molar refractivity (Wildman–Crippen MR) is 177 cm³/mol. The molecule has 16 heteroatoms. The number of anilines is 2. The van der Waals surface area contributed by atoms with Gasteiger partial charge in [-0.1, -0.05) is 12.1 Å². The Morgan fingerprint density at radius 1 is 1.00 bits per heavy atom. The third-order valence-corrected chi connectivity index (χ3v) is 9.36. The van der Waals surface area contributed by atoms with Crippen LogP contribution < -0.4 is 10.2 Å². The van der Waals surface area contributed by atoms with Gasteiger partial charge >= 0.3 is 24.4 Å². The van der Waals surface area contributed by atoms with Gasteiger partial charge in [-0.15, -0.1) is 11.3 Å². The Hall–Kier alpha value is -4.78. The van der Waals surface area contributed by atoms with Crippen molar-refractivity contribution in [3.63, 3.8) is 0 Å². The van der Waals surface area contributed by atoms with Crippen LogP contribution in [-0.4, -0.2) is 63.4 Å². The van der Waals surface area contributed by atoms with E-state index in [1.54, 1.807) is 51.3 Å². The molecule has 2 saturated heterocycles. The molecule has 2 amide bonds. The number of aromatic nitrogens is 2. The Labute approximate surface area is 287 Å². The first kappa shape index (κ1) is 35.1. The van der Waals surface area contributed by atoms with Crippen molar-refractivity contribution in [2.45, 2.75) is 83.8 Å². The third-order valence-electron chi connectivity index (χ3n) is 8.29. The number of ether oxygens (including phenoxy) is 2. The number of rotatable bonds is 3. The molecule has 0 radical (unpaired) electrons. The van der Waals surface area contributed by atoms with Crippen molar-refractivity contribution in [3.8, 4) is 17.2 Å². The second-order valence-corrected chi connectivity index (χ2v) is 15.3. The number of piperazine rings is 1. The lowest BCUT2D eigenvalue weighted by atomic mass is 9.92. The highest BCUT2D eigenvalue weighted by atomic mass is 32.1. The molecule has 2 aliphatic rings. The fourth-order valence-corrected chi connectivity index (χ4v) is 7.61. The van der Waals surface area contributed by atoms with E-state index in [9.17, 15) is 28.0 Å². The number of nitriles is 1. The molecular weight excluding hydrogens is 683 g/mol. The number of nitrogens with one attached hydrogen (secondary N) is 1. The van der Waals surface area contributed by atoms with Crippen LogP contribution in [0.5, 0.6) is 0 Å². The van der Waals surface area contributed by atoms with Crippen molar-refractivity contribution in [1.29, 1.82) is 5.26 Å². The molecule has 2 aromatic heterocycles. The Morgan fingerprint density at radius 3 is 2.22 bits per heavy atom. The number of thiophene rings is 1. The Balaban J connectivity index is 1.48. The molecule has 2 bridgehead atoms. The number of benzene rings is 2. The zero-order valence-electron chi connectivity index (χ0n) is 28.0. The van der Waals surface area contributed by atoms with Gasteiger partial charge in [0.2, 0.25) is 0 Å². The van der Waals surface area contributed by atoms with Crippen LogP contribution in [0.15, 0.2) is 24.3 Å². The van der Waals surface area contributed by atoms with E-state index in [1.165, 1.54) is 18.2 Å². The summed E-state index contributed by atoms with van der Waals surface area (Å²) in [6, 6.07) is 5.95. The first-order valence-corrected chi connectivity index (χ1v) is 16.6. The predicted octanol–water partition coefficient (Wildman–Crippen LogP) is 8.62. The van der Waals surface area contributed by atoms with Crippen LogP contribution >= 0.6 is 11.3 Å². The van der Waals surface area contributed by atoms with Crippen LogP contribution in [0.1, 0.15) is 65.5 Å². The average molecular weight is 717 g/mol. The maximum absolute atomic E-state index is 16.7. The summed E-state index contributed by atoms with van der Waals surface area (Å²) in [5, 5.41) is 12.2. The van der Waals surface area contributed by atoms with Gasteiger partial charge in [0.05, 0.1) is 23.2 Å². The van der Waals surface area contributed by atoms with Gasteiger partial charge in [-0.25, -0.2) is 14.0 Å². The molecule has 264 valence electrons. The minimum atomic E-state index is -5.12. The number of carbonyl (C=O) groups is 2. The maximum Gasteiger partial charge on any atom is 0.417 e. The molecule has 2 atom stereocenters. The van der Waals surface area contributed by atoms with Gasteiger partial charge in [0.15, 0.2) is 5.82 Å². The summed E-state index contributed by atoms with van der Waals surface area (Å²) < 4.78 is 87.7. The number of nitrogens with zero attached hydrogens (tertiary/aromatic N) is 5. The van der Waals surface area contributed by atoms with E-state index in [2.05, 4.69) is 15.3 Å². The zero-order chi connectivity index (χ0) is 36.5. The number of carbonyl (C=O) groups excluding carboxylic acids is 2. The quantitative estimate of drug-likeness (QED) is 0.165. The van der Waals surface area contributed by atoms with Gasteiger partial charge in [-0.3, -0.25) is 10.2 Å². The van der Waals surface area contributed by atoms with Crippen LogP contribution in [0.25, 0.3) is 32.1 Å². The molecule has 0 unspecified atom stereocenters. The zero-order valence-corrected chi connectivity index (χ0v) is 28.8. The Bertz CT molecular complexity index is 2070. The van der Waals surface area contributed by atoms with E-state index in [0.717, 1.165) is 11.3 Å². The minimum absolute atomic E-state index is 0.00485. The van der Waals surface area contributed by atoms with E-state index >= 15 is 8.78 Å². The van der Waals surface area contributed by atoms with Gasteiger partial charge in [0, 0.05) is 34.1 Å². The molecule has 50 heavy (non-hydrogen) atoms. The summed E-state index contributed by atoms with van der Waals surface area (Å²) >= 11 is 0.902. The van der Waals surface area contributed by atoms with E-state index < -0.39 is 70.2 Å². The van der Waals surface area contributed by atoms with Crippen LogP contribution in [0.4, 0.5) is 42.4 Å². The lowest BCUT2D eigenvalue weighted by Gasteiger charge is -2.42. The van der Waals surface area contributed by atoms with Crippen LogP contribution in [-0.2, 0) is 15.7 Å². The van der Waals surface area contributed by atoms with Crippen LogP contribution in [0.2, 0.25) is 0 Å². The fourth-order valence-electron chi connectivity index (χ4n) is 6.55. The molecule has 0 spiro atoms. The van der Waals surface area contributed by atoms with E-state index in [-0.39, 0.29) is 50.5 Å². The molecular formula is C34H33F5N6O4S. The van der Waals surface area contributed by atoms with Crippen molar-refractivity contribution in [2.24, 2.45) is 0 Å². The molecule has 2 aliphatic heterocycles. The topological polar surface area (TPSA) is 121 Å². The number of halogens is 5. The summed E-state index contributed by atoms with van der Waals surface area (Å²) in [7, 11) is 0. The molecule has 2 aromatic carbocycles. The molecule has 6 rings (SSSR count). The molecule has 10 nitrogen and oxygen atoms in total. The number of amides is 2. The Kier molecular flexibility index (Phi) is 8.57. The second-order valence-electron chi connectivity index (χ2n) is 14.2. The highest BCUT2D eigenvalue weighted by Gasteiger charge is 2.45. The van der Waals surface area contributed by atoms with Gasteiger partial charge in [0.25, 0.3) is 0 Å². The molecule has 4 aromatic rings. The standard InChI is InChI=1S/C34H33F5N6O4S/c1-32(2,3)48-30(46)43-28-20(13-40)23-18(8-7-9-22(23)50-28)24-21(34(37,38)39)12-19-26(25(24)35)41-29(36)42-27(19)44-14-16-10-11-17(15-44)45(16)31(47)49-33(4,5)6/h7-9,12,16-17H,10-11,14-15H2,1-6H3,(H,43,46)/t16-,17+. The molecule has 2 fully saturated rings. The van der Waals surface area contributed by atoms with Crippen LogP contribution in [0, 0.1) is 23.2 Å². The van der Waals surface area contributed by atoms with Crippen molar-refractivity contribution >= 4 is 55.3 Å². The fraction of sp³-hybridized carbons (Fsp3) is 0.441. The van der Waals surface area contributed by atoms with E-state index in [0.29, 0.717) is 18.9 Å². The normalized spacial score (nSPS) is 18.0. The number of hydrogen-bond donors (Lipinski definition) is 1. The SMILES string of the molecule is CC(C)(C)OC(=O)Nc1sc2cccc(-c3c(C(F)(F)F)cc4c(N5C[C@H]6CC[C@@H](C5)N6C(=O)OC(C)(C)C)nc(F)nc4c3F)c2c1C#N. The van der Waals surface area contributed by atoms with Crippen molar-refractivity contribution in [2.75, 3.05) is 23.3 Å². The number of fused-ring (bicyclic) bond motifs is 4. The van der Waals surface area contributed by atoms with Gasteiger partial charge in [-0.05, 0) is 72.1 Å². The first-order chi connectivity index (χ1) is 23.3. The Morgan fingerprint density at radius 2 is 1.64 bits per heavy atom. The van der Waals surface area contributed by atoms with Gasteiger partial charge < -0.3 is 14.4 Å². The largest absolute Gasteiger partial charge is 0.444 e. The number of alkyl halides is 3. The second kappa shape index (κ2) is 12.2. The summed E-state index contributed by atoms with van der Waals surface area (Å²) in [5.74, 6) is -1.70.